The molecule has 0 bridgehead atoms. The molecule has 86 valence electrons. The van der Waals surface area contributed by atoms with Gasteiger partial charge in [0.1, 0.15) is 4.90 Å². The van der Waals surface area contributed by atoms with Crippen molar-refractivity contribution in [3.63, 3.8) is 0 Å². The van der Waals surface area contributed by atoms with Gasteiger partial charge in [-0.05, 0) is 11.4 Å². The van der Waals surface area contributed by atoms with E-state index in [0.717, 1.165) is 4.31 Å². The first-order valence-electron chi connectivity index (χ1n) is 4.39. The maximum atomic E-state index is 11.8. The predicted octanol–water partition coefficient (Wildman–Crippen LogP) is 1.24. The van der Waals surface area contributed by atoms with Crippen molar-refractivity contribution < 1.29 is 17.9 Å². The fourth-order valence-corrected chi connectivity index (χ4v) is 3.76. The maximum absolute atomic E-state index is 11.8. The van der Waals surface area contributed by atoms with E-state index >= 15 is 0 Å². The number of carbonyl (C=O) groups is 1. The van der Waals surface area contributed by atoms with Gasteiger partial charge in [-0.15, -0.1) is 11.3 Å². The van der Waals surface area contributed by atoms with Gasteiger partial charge in [-0.3, -0.25) is 9.10 Å². The van der Waals surface area contributed by atoms with Crippen molar-refractivity contribution >= 4 is 33.1 Å². The van der Waals surface area contributed by atoms with Gasteiger partial charge in [0.25, 0.3) is 10.0 Å². The fraction of sp³-hybridized carbons (Fsp3) is 0.222. The van der Waals surface area contributed by atoms with Crippen molar-refractivity contribution in [3.05, 3.63) is 22.5 Å². The van der Waals surface area contributed by atoms with Crippen LogP contribution in [-0.2, 0) is 19.6 Å². The van der Waals surface area contributed by atoms with E-state index in [0.29, 0.717) is 4.88 Å². The monoisotopic (exact) mass is 259 g/mol. The molecule has 2 heterocycles. The lowest BCUT2D eigenvalue weighted by Gasteiger charge is -2.21. The van der Waals surface area contributed by atoms with Crippen LogP contribution in [0.2, 0.25) is 0 Å². The Labute approximate surface area is 97.0 Å². The Kier molecular flexibility index (Phi) is 2.51. The van der Waals surface area contributed by atoms with Gasteiger partial charge in [0.2, 0.25) is 0 Å². The Hall–Kier alpha value is -1.34. The highest BCUT2D eigenvalue weighted by molar-refractivity contribution is 7.89. The summed E-state index contributed by atoms with van der Waals surface area (Å²) in [7, 11) is -2.07. The lowest BCUT2D eigenvalue weighted by atomic mass is 10.4. The van der Waals surface area contributed by atoms with Gasteiger partial charge < -0.3 is 4.74 Å². The second kappa shape index (κ2) is 3.60. The van der Waals surface area contributed by atoms with Crippen LogP contribution >= 0.6 is 11.3 Å². The summed E-state index contributed by atoms with van der Waals surface area (Å²) in [4.78, 5) is 11.5. The summed E-state index contributed by atoms with van der Waals surface area (Å²) in [6.45, 7) is 1.28. The zero-order valence-corrected chi connectivity index (χ0v) is 10.3. The molecule has 0 amide bonds. The summed E-state index contributed by atoms with van der Waals surface area (Å²) in [6, 6.07) is 1.50. The van der Waals surface area contributed by atoms with E-state index in [-0.39, 0.29) is 10.7 Å². The minimum atomic E-state index is -3.47. The van der Waals surface area contributed by atoms with Crippen LogP contribution in [0.15, 0.2) is 22.5 Å². The average Bonchev–Trinajstić information content (AvgIpc) is 2.62. The first-order chi connectivity index (χ1) is 7.43. The quantitative estimate of drug-likeness (QED) is 0.712. The second-order valence-electron chi connectivity index (χ2n) is 3.22. The summed E-state index contributed by atoms with van der Waals surface area (Å²) in [5.41, 5.74) is 0. The number of hydrogen-bond donors (Lipinski definition) is 0. The molecule has 1 aliphatic heterocycles. The van der Waals surface area contributed by atoms with E-state index in [9.17, 15) is 13.2 Å². The molecule has 5 nitrogen and oxygen atoms in total. The highest BCUT2D eigenvalue weighted by Crippen LogP contribution is 2.35. The number of thiophene rings is 1. The number of esters is 1. The number of rotatable bonds is 1. The first-order valence-corrected chi connectivity index (χ1v) is 6.71. The molecule has 16 heavy (non-hydrogen) atoms. The molecule has 0 fully saturated rings. The summed E-state index contributed by atoms with van der Waals surface area (Å²) in [6.07, 6.45) is 1.30. The highest BCUT2D eigenvalue weighted by atomic mass is 32.2. The van der Waals surface area contributed by atoms with Gasteiger partial charge >= 0.3 is 5.97 Å². The summed E-state index contributed by atoms with van der Waals surface area (Å²) < 4.78 is 29.7. The normalized spacial score (nSPS) is 17.6. The van der Waals surface area contributed by atoms with Crippen LogP contribution < -0.4 is 0 Å². The minimum Gasteiger partial charge on any atom is -0.424 e. The summed E-state index contributed by atoms with van der Waals surface area (Å²) in [5.74, 6) is -0.201. The molecule has 1 aromatic heterocycles. The number of carbonyl (C=O) groups excluding carboxylic acids is 1. The van der Waals surface area contributed by atoms with Crippen molar-refractivity contribution in [2.24, 2.45) is 0 Å². The minimum absolute atomic E-state index is 0.179. The third kappa shape index (κ3) is 1.61. The van der Waals surface area contributed by atoms with Crippen LogP contribution in [0, 0.1) is 0 Å². The molecule has 0 aliphatic carbocycles. The van der Waals surface area contributed by atoms with E-state index < -0.39 is 16.0 Å². The summed E-state index contributed by atoms with van der Waals surface area (Å²) >= 11 is 1.23. The van der Waals surface area contributed by atoms with Gasteiger partial charge in [-0.25, -0.2) is 8.42 Å². The van der Waals surface area contributed by atoms with E-state index in [4.69, 9.17) is 4.74 Å². The fourth-order valence-electron chi connectivity index (χ4n) is 1.36. The second-order valence-corrected chi connectivity index (χ2v) is 6.10. The molecule has 1 aliphatic rings. The van der Waals surface area contributed by atoms with Crippen LogP contribution in [0.1, 0.15) is 11.8 Å². The average molecular weight is 259 g/mol. The molecule has 0 spiro atoms. The third-order valence-corrected chi connectivity index (χ3v) is 4.88. The Balaban J connectivity index is 2.57. The van der Waals surface area contributed by atoms with E-state index in [1.54, 1.807) is 5.38 Å². The van der Waals surface area contributed by atoms with Crippen molar-refractivity contribution in [3.8, 4) is 0 Å². The number of sulfonamides is 1. The molecular formula is C9H9NO4S2. The Morgan fingerprint density at radius 2 is 2.19 bits per heavy atom. The van der Waals surface area contributed by atoms with Gasteiger partial charge in [0.05, 0.1) is 11.1 Å². The zero-order valence-electron chi connectivity index (χ0n) is 8.63. The smallest absolute Gasteiger partial charge is 0.308 e. The molecule has 0 saturated heterocycles. The van der Waals surface area contributed by atoms with Gasteiger partial charge in [0, 0.05) is 14.0 Å². The topological polar surface area (TPSA) is 63.7 Å². The van der Waals surface area contributed by atoms with Crippen LogP contribution in [0.5, 0.6) is 0 Å². The van der Waals surface area contributed by atoms with Gasteiger partial charge in [-0.2, -0.15) is 0 Å². The molecule has 0 saturated carbocycles. The predicted molar refractivity (Wildman–Crippen MR) is 59.0 cm³/mol. The molecule has 0 atom stereocenters. The lowest BCUT2D eigenvalue weighted by molar-refractivity contribution is -0.134. The molecule has 2 rings (SSSR count). The van der Waals surface area contributed by atoms with Crippen molar-refractivity contribution in [1.82, 2.24) is 4.31 Å². The molecule has 7 heteroatoms. The van der Waals surface area contributed by atoms with Crippen LogP contribution in [0.4, 0.5) is 0 Å². The van der Waals surface area contributed by atoms with E-state index in [1.165, 1.54) is 37.6 Å². The number of hydrogen-bond acceptors (Lipinski definition) is 5. The third-order valence-electron chi connectivity index (χ3n) is 2.06. The Morgan fingerprint density at radius 1 is 1.50 bits per heavy atom. The number of ether oxygens (including phenoxy) is 1. The maximum Gasteiger partial charge on any atom is 0.308 e. The van der Waals surface area contributed by atoms with Crippen LogP contribution in [0.25, 0.3) is 5.76 Å². The Morgan fingerprint density at radius 3 is 2.81 bits per heavy atom. The zero-order chi connectivity index (χ0) is 11.9. The molecule has 0 aromatic carbocycles. The van der Waals surface area contributed by atoms with Crippen LogP contribution in [0.3, 0.4) is 0 Å². The first kappa shape index (κ1) is 11.2. The van der Waals surface area contributed by atoms with E-state index in [1.807, 2.05) is 0 Å². The van der Waals surface area contributed by atoms with Gasteiger partial charge in [0.15, 0.2) is 5.76 Å². The lowest BCUT2D eigenvalue weighted by Crippen LogP contribution is -2.26. The SMILES string of the molecule is CC(=O)OC1=CN(C)S(=O)(=O)c2ccsc21. The largest absolute Gasteiger partial charge is 0.424 e. The highest BCUT2D eigenvalue weighted by Gasteiger charge is 2.31. The molecule has 0 radical (unpaired) electrons. The van der Waals surface area contributed by atoms with Crippen molar-refractivity contribution in [2.45, 2.75) is 11.8 Å². The summed E-state index contributed by atoms with van der Waals surface area (Å²) in [5, 5.41) is 1.65. The standard InChI is InChI=1S/C9H9NO4S2/c1-6(11)14-7-5-10(2)16(12,13)8-3-4-15-9(7)8/h3-5H,1-2H3. The van der Waals surface area contributed by atoms with Crippen molar-refractivity contribution in [2.75, 3.05) is 7.05 Å². The van der Waals surface area contributed by atoms with Crippen molar-refractivity contribution in [1.29, 1.82) is 0 Å². The van der Waals surface area contributed by atoms with Crippen LogP contribution in [-0.4, -0.2) is 25.7 Å². The number of nitrogens with zero attached hydrogens (tertiary/aromatic N) is 1. The van der Waals surface area contributed by atoms with Gasteiger partial charge in [-0.1, -0.05) is 0 Å². The number of fused-ring (bicyclic) bond motifs is 1. The Bertz CT molecular complexity index is 570. The van der Waals surface area contributed by atoms with E-state index in [2.05, 4.69) is 0 Å². The molecule has 0 N–H and O–H groups in total. The molecule has 1 aromatic rings. The molecule has 0 unspecified atom stereocenters. The molecular weight excluding hydrogens is 250 g/mol.